The molecule has 0 aliphatic carbocycles. The molecule has 9 heteroatoms. The van der Waals surface area contributed by atoms with Crippen molar-refractivity contribution in [2.45, 2.75) is 82.1 Å². The highest BCUT2D eigenvalue weighted by molar-refractivity contribution is 5.96. The van der Waals surface area contributed by atoms with Crippen LogP contribution in [0.5, 0.6) is 11.5 Å². The summed E-state index contributed by atoms with van der Waals surface area (Å²) in [6, 6.07) is 33.2. The number of Topliss-reactive ketones (excluding diaryl/α,β-unsaturated/α-hetero) is 1. The summed E-state index contributed by atoms with van der Waals surface area (Å²) < 4.78 is 23.5. The Bertz CT molecular complexity index is 1380. The van der Waals surface area contributed by atoms with Gasteiger partial charge in [-0.2, -0.15) is 0 Å². The molecule has 54 heavy (non-hydrogen) atoms. The zero-order valence-electron chi connectivity index (χ0n) is 35.2. The van der Waals surface area contributed by atoms with Crippen LogP contribution in [-0.2, 0) is 30.2 Å². The van der Waals surface area contributed by atoms with Crippen LogP contribution < -0.4 is 9.47 Å². The molecule has 300 valence electrons. The van der Waals surface area contributed by atoms with E-state index >= 15 is 0 Å². The second-order valence-electron chi connectivity index (χ2n) is 9.41. The van der Waals surface area contributed by atoms with Crippen LogP contribution in [0.4, 0.5) is 0 Å². The molecule has 0 fully saturated rings. The van der Waals surface area contributed by atoms with E-state index in [0.29, 0.717) is 16.9 Å². The fourth-order valence-electron chi connectivity index (χ4n) is 3.48. The second kappa shape index (κ2) is 40.5. The zero-order valence-corrected chi connectivity index (χ0v) is 35.2. The average molecular weight is 751 g/mol. The molecule has 0 radical (unpaired) electrons. The van der Waals surface area contributed by atoms with Crippen LogP contribution >= 0.6 is 0 Å². The van der Waals surface area contributed by atoms with E-state index in [1.54, 1.807) is 69.9 Å². The number of hydrogen-bond acceptors (Lipinski definition) is 9. The van der Waals surface area contributed by atoms with Crippen molar-refractivity contribution < 1.29 is 42.9 Å². The van der Waals surface area contributed by atoms with Crippen LogP contribution in [0, 0.1) is 0 Å². The molecule has 0 atom stereocenters. The monoisotopic (exact) mass is 750 g/mol. The quantitative estimate of drug-likeness (QED) is 0.0936. The van der Waals surface area contributed by atoms with E-state index in [1.165, 1.54) is 32.1 Å². The van der Waals surface area contributed by atoms with Gasteiger partial charge >= 0.3 is 17.9 Å². The highest BCUT2D eigenvalue weighted by Gasteiger charge is 2.09. The lowest BCUT2D eigenvalue weighted by atomic mass is 10.0. The molecule has 4 aromatic carbocycles. The van der Waals surface area contributed by atoms with Crippen molar-refractivity contribution in [3.8, 4) is 11.5 Å². The number of ether oxygens (including phenoxy) is 5. The van der Waals surface area contributed by atoms with Crippen LogP contribution in [0.2, 0.25) is 0 Å². The van der Waals surface area contributed by atoms with Crippen molar-refractivity contribution in [3.05, 3.63) is 131 Å². The molecule has 0 saturated carbocycles. The number of carbonyl (C=O) groups excluding carboxylic acids is 4. The highest BCUT2D eigenvalue weighted by Crippen LogP contribution is 2.17. The lowest BCUT2D eigenvalue weighted by molar-refractivity contribution is -0.138. The summed E-state index contributed by atoms with van der Waals surface area (Å²) in [5.74, 6) is 0.454. The number of hydrogen-bond donors (Lipinski definition) is 0. The fraction of sp³-hybridized carbons (Fsp3) is 0.378. The molecule has 0 N–H and O–H groups in total. The Kier molecular flexibility index (Phi) is 41.6. The minimum absolute atomic E-state index is 0.0264. The number of methoxy groups -OCH3 is 3. The van der Waals surface area contributed by atoms with E-state index in [-0.39, 0.29) is 30.7 Å². The first-order valence-electron chi connectivity index (χ1n) is 18.3. The number of benzene rings is 4. The van der Waals surface area contributed by atoms with E-state index in [9.17, 15) is 19.2 Å². The van der Waals surface area contributed by atoms with E-state index in [4.69, 9.17) is 14.2 Å². The largest absolute Gasteiger partial charge is 0.497 e. The first-order chi connectivity index (χ1) is 26.1. The smallest absolute Gasteiger partial charge is 0.338 e. The molecular weight excluding hydrogens is 684 g/mol. The molecular formula is C45H66O9. The molecule has 0 unspecified atom stereocenters. The Morgan fingerprint density at radius 1 is 0.500 bits per heavy atom. The van der Waals surface area contributed by atoms with Crippen LogP contribution in [0.1, 0.15) is 108 Å². The third-order valence-corrected chi connectivity index (χ3v) is 5.71. The normalized spacial score (nSPS) is 8.41. The Hall–Kier alpha value is -5.28. The predicted octanol–water partition coefficient (Wildman–Crippen LogP) is 10.9. The molecule has 0 amide bonds. The van der Waals surface area contributed by atoms with E-state index in [2.05, 4.69) is 9.47 Å². The highest BCUT2D eigenvalue weighted by atomic mass is 16.5. The van der Waals surface area contributed by atoms with Gasteiger partial charge in [0.15, 0.2) is 5.78 Å². The SMILES string of the molecule is CC.CC.CC.CC.COC.COC(C)=O.COc1ccc(Cc2ccc(OC(C)=O)cc2)cc1.O=C(CCOC(=O)c1ccccc1)c1ccccc1. The number of esters is 3. The lowest BCUT2D eigenvalue weighted by Gasteiger charge is -2.05. The molecule has 0 heterocycles. The van der Waals surface area contributed by atoms with Crippen molar-refractivity contribution in [2.24, 2.45) is 0 Å². The van der Waals surface area contributed by atoms with Gasteiger partial charge in [0, 0.05) is 40.1 Å². The Balaban J connectivity index is -0.000000335. The van der Waals surface area contributed by atoms with Gasteiger partial charge in [-0.1, -0.05) is 128 Å². The number of ketones is 1. The summed E-state index contributed by atoms with van der Waals surface area (Å²) in [7, 11) is 6.26. The zero-order chi connectivity index (χ0) is 42.2. The van der Waals surface area contributed by atoms with Gasteiger partial charge in [-0.05, 0) is 53.9 Å². The van der Waals surface area contributed by atoms with E-state index < -0.39 is 5.97 Å². The van der Waals surface area contributed by atoms with Crippen molar-refractivity contribution in [1.29, 1.82) is 0 Å². The maximum absolute atomic E-state index is 11.8. The van der Waals surface area contributed by atoms with Crippen molar-refractivity contribution in [2.75, 3.05) is 35.0 Å². The molecule has 0 aromatic heterocycles. The minimum atomic E-state index is -0.401. The summed E-state index contributed by atoms with van der Waals surface area (Å²) in [6.07, 6.45) is 1.03. The third kappa shape index (κ3) is 30.4. The Labute approximate surface area is 326 Å². The van der Waals surface area contributed by atoms with Gasteiger partial charge in [0.25, 0.3) is 0 Å². The summed E-state index contributed by atoms with van der Waals surface area (Å²) in [5.41, 5.74) is 3.51. The van der Waals surface area contributed by atoms with E-state index in [1.807, 2.05) is 116 Å². The molecule has 4 aromatic rings. The number of carbonyl (C=O) groups is 4. The lowest BCUT2D eigenvalue weighted by Crippen LogP contribution is -2.10. The summed E-state index contributed by atoms with van der Waals surface area (Å²) in [4.78, 5) is 43.8. The average Bonchev–Trinajstić information content (AvgIpc) is 3.23. The maximum Gasteiger partial charge on any atom is 0.338 e. The van der Waals surface area contributed by atoms with Gasteiger partial charge in [-0.15, -0.1) is 0 Å². The third-order valence-electron chi connectivity index (χ3n) is 5.71. The molecule has 4 rings (SSSR count). The standard InChI is InChI=1S/C16H16O3.C16H14O3.C3H6O2.C2H6O.4C2H6/c1-12(17)19-16-9-5-14(6-10-16)11-13-3-7-15(18-2)8-4-13;17-15(13-7-3-1-4-8-13)11-12-19-16(18)14-9-5-2-6-10-14;1-3(4)5-2;1-3-2;4*1-2/h3-10H,11H2,1-2H3;1-10H,11-12H2;1-2H3;1-2H3;4*1-2H3. The Morgan fingerprint density at radius 3 is 1.22 bits per heavy atom. The number of rotatable bonds is 9. The van der Waals surface area contributed by atoms with E-state index in [0.717, 1.165) is 12.2 Å². The second-order valence-corrected chi connectivity index (χ2v) is 9.41. The molecule has 9 nitrogen and oxygen atoms in total. The first kappa shape index (κ1) is 55.5. The Morgan fingerprint density at radius 2 is 0.870 bits per heavy atom. The van der Waals surface area contributed by atoms with Crippen LogP contribution in [0.15, 0.2) is 109 Å². The van der Waals surface area contributed by atoms with Crippen LogP contribution in [0.25, 0.3) is 0 Å². The first-order valence-corrected chi connectivity index (χ1v) is 18.3. The topological polar surface area (TPSA) is 114 Å². The van der Waals surface area contributed by atoms with Crippen molar-refractivity contribution in [3.63, 3.8) is 0 Å². The van der Waals surface area contributed by atoms with Crippen molar-refractivity contribution >= 4 is 23.7 Å². The van der Waals surface area contributed by atoms with Gasteiger partial charge in [0.05, 0.1) is 26.4 Å². The van der Waals surface area contributed by atoms with Crippen LogP contribution in [-0.4, -0.2) is 58.7 Å². The maximum atomic E-state index is 11.8. The van der Waals surface area contributed by atoms with Crippen molar-refractivity contribution in [1.82, 2.24) is 0 Å². The molecule has 0 aliphatic heterocycles. The molecule has 0 spiro atoms. The molecule has 0 aliphatic rings. The summed E-state index contributed by atoms with van der Waals surface area (Å²) >= 11 is 0. The molecule has 0 bridgehead atoms. The van der Waals surface area contributed by atoms with Gasteiger partial charge in [0.2, 0.25) is 0 Å². The minimum Gasteiger partial charge on any atom is -0.497 e. The summed E-state index contributed by atoms with van der Waals surface area (Å²) in [5, 5.41) is 0. The van der Waals surface area contributed by atoms with Crippen LogP contribution in [0.3, 0.4) is 0 Å². The van der Waals surface area contributed by atoms with Gasteiger partial charge in [0.1, 0.15) is 11.5 Å². The van der Waals surface area contributed by atoms with Gasteiger partial charge in [-0.25, -0.2) is 4.79 Å². The fourth-order valence-corrected chi connectivity index (χ4v) is 3.48. The molecule has 0 saturated heterocycles. The van der Waals surface area contributed by atoms with Gasteiger partial charge < -0.3 is 23.7 Å². The van der Waals surface area contributed by atoms with Gasteiger partial charge in [-0.3, -0.25) is 14.4 Å². The summed E-state index contributed by atoms with van der Waals surface area (Å²) in [6.45, 7) is 18.9. The predicted molar refractivity (Wildman–Crippen MR) is 222 cm³/mol.